The van der Waals surface area contributed by atoms with Crippen molar-refractivity contribution in [1.29, 1.82) is 0 Å². The Bertz CT molecular complexity index is 616. The summed E-state index contributed by atoms with van der Waals surface area (Å²) in [6.07, 6.45) is 4.43. The van der Waals surface area contributed by atoms with Gasteiger partial charge in [-0.1, -0.05) is 18.2 Å². The zero-order chi connectivity index (χ0) is 17.3. The highest BCUT2D eigenvalue weighted by atomic mass is 16.7. The van der Waals surface area contributed by atoms with E-state index in [9.17, 15) is 4.79 Å². The molecule has 1 aromatic rings. The molecule has 1 unspecified atom stereocenters. The summed E-state index contributed by atoms with van der Waals surface area (Å²) >= 11 is 0. The third kappa shape index (κ3) is 3.53. The predicted molar refractivity (Wildman–Crippen MR) is 93.2 cm³/mol. The highest BCUT2D eigenvalue weighted by Crippen LogP contribution is 2.39. The van der Waals surface area contributed by atoms with Gasteiger partial charge in [-0.25, -0.2) is 0 Å². The molecule has 1 saturated carbocycles. The summed E-state index contributed by atoms with van der Waals surface area (Å²) in [5.74, 6) is 1.22. The van der Waals surface area contributed by atoms with Crippen molar-refractivity contribution >= 4 is 5.91 Å². The molecule has 136 valence electrons. The predicted octanol–water partition coefficient (Wildman–Crippen LogP) is 3.12. The van der Waals surface area contributed by atoms with Gasteiger partial charge in [0.1, 0.15) is 12.4 Å². The zero-order valence-corrected chi connectivity index (χ0v) is 14.9. The maximum Gasteiger partial charge on any atom is 0.223 e. The first-order chi connectivity index (χ1) is 12.2. The molecular formula is C20H27NO4. The third-order valence-corrected chi connectivity index (χ3v) is 5.79. The second kappa shape index (κ2) is 6.96. The van der Waals surface area contributed by atoms with E-state index < -0.39 is 0 Å². The molecule has 4 rings (SSSR count). The van der Waals surface area contributed by atoms with E-state index in [0.717, 1.165) is 37.0 Å². The average Bonchev–Trinajstić information content (AvgIpc) is 3.01. The van der Waals surface area contributed by atoms with E-state index in [1.54, 1.807) is 0 Å². The normalized spacial score (nSPS) is 26.1. The first-order valence-electron chi connectivity index (χ1n) is 9.43. The molecule has 0 N–H and O–H groups in total. The molecule has 2 heterocycles. The van der Waals surface area contributed by atoms with E-state index in [1.165, 1.54) is 0 Å². The molecule has 1 saturated heterocycles. The number of fused-ring (bicyclic) bond motifs is 1. The van der Waals surface area contributed by atoms with Crippen LogP contribution in [0.5, 0.6) is 5.75 Å². The molecule has 2 aliphatic heterocycles. The molecule has 0 aromatic heterocycles. The fourth-order valence-corrected chi connectivity index (χ4v) is 4.22. The van der Waals surface area contributed by atoms with Gasteiger partial charge < -0.3 is 19.1 Å². The van der Waals surface area contributed by atoms with E-state index in [1.807, 2.05) is 29.2 Å². The smallest absolute Gasteiger partial charge is 0.223 e. The lowest BCUT2D eigenvalue weighted by molar-refractivity contribution is -0.183. The summed E-state index contributed by atoms with van der Waals surface area (Å²) in [4.78, 5) is 14.9. The number of benzene rings is 1. The molecule has 1 atom stereocenters. The summed E-state index contributed by atoms with van der Waals surface area (Å²) in [6, 6.07) is 8.11. The average molecular weight is 345 g/mol. The van der Waals surface area contributed by atoms with Crippen LogP contribution in [0.2, 0.25) is 0 Å². The Kier molecular flexibility index (Phi) is 4.69. The van der Waals surface area contributed by atoms with Crippen molar-refractivity contribution in [3.05, 3.63) is 29.8 Å². The van der Waals surface area contributed by atoms with Gasteiger partial charge in [0.15, 0.2) is 5.79 Å². The Hall–Kier alpha value is -1.59. The van der Waals surface area contributed by atoms with Gasteiger partial charge in [-0.15, -0.1) is 0 Å². The Morgan fingerprint density at radius 3 is 2.68 bits per heavy atom. The standard InChI is InChI=1S/C20H27NO4/c1-15-14-23-18-5-3-2-4-17(18)13-21(15)19(22)12-16-6-8-20(9-7-16)24-10-11-25-20/h2-5,15-16H,6-14H2,1H3. The summed E-state index contributed by atoms with van der Waals surface area (Å²) in [5.41, 5.74) is 1.09. The van der Waals surface area contributed by atoms with E-state index in [4.69, 9.17) is 14.2 Å². The van der Waals surface area contributed by atoms with Crippen molar-refractivity contribution in [2.24, 2.45) is 5.92 Å². The van der Waals surface area contributed by atoms with Crippen molar-refractivity contribution in [2.45, 2.75) is 57.4 Å². The second-order valence-corrected chi connectivity index (χ2v) is 7.54. The van der Waals surface area contributed by atoms with Gasteiger partial charge in [0, 0.05) is 31.4 Å². The highest BCUT2D eigenvalue weighted by Gasteiger charge is 2.41. The van der Waals surface area contributed by atoms with E-state index in [-0.39, 0.29) is 17.7 Å². The van der Waals surface area contributed by atoms with Crippen LogP contribution >= 0.6 is 0 Å². The molecule has 0 radical (unpaired) electrons. The zero-order valence-electron chi connectivity index (χ0n) is 14.9. The molecule has 1 spiro atoms. The number of para-hydroxylation sites is 1. The highest BCUT2D eigenvalue weighted by molar-refractivity contribution is 5.77. The number of nitrogens with zero attached hydrogens (tertiary/aromatic N) is 1. The number of hydrogen-bond donors (Lipinski definition) is 0. The number of ether oxygens (including phenoxy) is 3. The number of carbonyl (C=O) groups excluding carboxylic acids is 1. The minimum Gasteiger partial charge on any atom is -0.491 e. The van der Waals surface area contributed by atoms with Crippen LogP contribution in [0.3, 0.4) is 0 Å². The Labute approximate surface area is 149 Å². The molecule has 25 heavy (non-hydrogen) atoms. The second-order valence-electron chi connectivity index (χ2n) is 7.54. The van der Waals surface area contributed by atoms with Crippen LogP contribution in [-0.2, 0) is 20.8 Å². The lowest BCUT2D eigenvalue weighted by atomic mass is 9.83. The number of hydrogen-bond acceptors (Lipinski definition) is 4. The quantitative estimate of drug-likeness (QED) is 0.826. The monoisotopic (exact) mass is 345 g/mol. The van der Waals surface area contributed by atoms with Gasteiger partial charge in [0.2, 0.25) is 5.91 Å². The van der Waals surface area contributed by atoms with E-state index >= 15 is 0 Å². The van der Waals surface area contributed by atoms with Gasteiger partial charge in [-0.2, -0.15) is 0 Å². The molecule has 0 bridgehead atoms. The number of carbonyl (C=O) groups is 1. The maximum absolute atomic E-state index is 13.0. The lowest BCUT2D eigenvalue weighted by Crippen LogP contribution is -2.42. The largest absolute Gasteiger partial charge is 0.491 e. The van der Waals surface area contributed by atoms with Crippen LogP contribution in [0.1, 0.15) is 44.6 Å². The third-order valence-electron chi connectivity index (χ3n) is 5.79. The van der Waals surface area contributed by atoms with Crippen molar-refractivity contribution in [3.8, 4) is 5.75 Å². The lowest BCUT2D eigenvalue weighted by Gasteiger charge is -2.36. The van der Waals surface area contributed by atoms with Crippen molar-refractivity contribution < 1.29 is 19.0 Å². The first-order valence-corrected chi connectivity index (χ1v) is 9.43. The Morgan fingerprint density at radius 1 is 1.20 bits per heavy atom. The van der Waals surface area contributed by atoms with E-state index in [0.29, 0.717) is 38.7 Å². The summed E-state index contributed by atoms with van der Waals surface area (Å²) in [7, 11) is 0. The molecular weight excluding hydrogens is 318 g/mol. The summed E-state index contributed by atoms with van der Waals surface area (Å²) in [6.45, 7) is 4.67. The number of amides is 1. The Balaban J connectivity index is 1.37. The van der Waals surface area contributed by atoms with Crippen LogP contribution in [0.25, 0.3) is 0 Å². The van der Waals surface area contributed by atoms with Crippen LogP contribution < -0.4 is 4.74 Å². The molecule has 5 heteroatoms. The van der Waals surface area contributed by atoms with Crippen molar-refractivity contribution in [1.82, 2.24) is 4.90 Å². The van der Waals surface area contributed by atoms with Crippen molar-refractivity contribution in [3.63, 3.8) is 0 Å². The molecule has 5 nitrogen and oxygen atoms in total. The fraction of sp³-hybridized carbons (Fsp3) is 0.650. The van der Waals surface area contributed by atoms with Crippen molar-refractivity contribution in [2.75, 3.05) is 19.8 Å². The minimum absolute atomic E-state index is 0.0938. The van der Waals surface area contributed by atoms with Gasteiger partial charge in [0.05, 0.1) is 19.3 Å². The molecule has 2 fully saturated rings. The molecule has 3 aliphatic rings. The topological polar surface area (TPSA) is 48.0 Å². The van der Waals surface area contributed by atoms with Crippen LogP contribution in [0.4, 0.5) is 0 Å². The molecule has 1 amide bonds. The maximum atomic E-state index is 13.0. The minimum atomic E-state index is -0.345. The van der Waals surface area contributed by atoms with Gasteiger partial charge >= 0.3 is 0 Å². The Morgan fingerprint density at radius 2 is 1.92 bits per heavy atom. The summed E-state index contributed by atoms with van der Waals surface area (Å²) < 4.78 is 17.4. The van der Waals surface area contributed by atoms with Gasteiger partial charge in [0.25, 0.3) is 0 Å². The van der Waals surface area contributed by atoms with Gasteiger partial charge in [-0.05, 0) is 31.7 Å². The van der Waals surface area contributed by atoms with Crippen LogP contribution in [0.15, 0.2) is 24.3 Å². The molecule has 1 aromatic carbocycles. The van der Waals surface area contributed by atoms with Crippen LogP contribution in [0, 0.1) is 5.92 Å². The number of rotatable bonds is 2. The fourth-order valence-electron chi connectivity index (χ4n) is 4.22. The first kappa shape index (κ1) is 16.9. The SMILES string of the molecule is CC1COc2ccccc2CN1C(=O)CC1CCC2(CC1)OCCO2. The van der Waals surface area contributed by atoms with Crippen LogP contribution in [-0.4, -0.2) is 42.5 Å². The summed E-state index contributed by atoms with van der Waals surface area (Å²) in [5, 5.41) is 0. The van der Waals surface area contributed by atoms with E-state index in [2.05, 4.69) is 6.92 Å². The van der Waals surface area contributed by atoms with Gasteiger partial charge in [-0.3, -0.25) is 4.79 Å². The molecule has 1 aliphatic carbocycles.